The van der Waals surface area contributed by atoms with Gasteiger partial charge in [0, 0.05) is 5.92 Å². The zero-order valence-electron chi connectivity index (χ0n) is 12.3. The normalized spacial score (nSPS) is 48.4. The van der Waals surface area contributed by atoms with Crippen LogP contribution in [0.1, 0.15) is 0 Å². The van der Waals surface area contributed by atoms with E-state index in [1.54, 1.807) is 0 Å². The Kier molecular flexibility index (Phi) is 4.12. The summed E-state index contributed by atoms with van der Waals surface area (Å²) in [6, 6.07) is 0. The Bertz CT molecular complexity index is 463. The molecule has 10 nitrogen and oxygen atoms in total. The van der Waals surface area contributed by atoms with E-state index < -0.39 is 23.4 Å². The lowest BCUT2D eigenvalue weighted by Gasteiger charge is -2.21. The number of nitrogens with zero attached hydrogens (tertiary/aromatic N) is 1. The average molecular weight is 333 g/mol. The Morgan fingerprint density at radius 2 is 1.61 bits per heavy atom. The van der Waals surface area contributed by atoms with Crippen LogP contribution in [0.15, 0.2) is 0 Å². The van der Waals surface area contributed by atoms with Crippen molar-refractivity contribution in [1.82, 2.24) is 0 Å². The molecular formula is C13H19NO9. The molecule has 0 spiro atoms. The van der Waals surface area contributed by atoms with Crippen molar-refractivity contribution in [2.75, 3.05) is 33.0 Å². The minimum Gasteiger partial charge on any atom is -0.388 e. The molecule has 4 rings (SSSR count). The highest BCUT2D eigenvalue weighted by molar-refractivity contribution is 4.97. The Morgan fingerprint density at radius 1 is 0.957 bits per heavy atom. The standard InChI is InChI=1S/C13H19NO9/c15-7-3-20-10-6(2-19-11(7)10)1-18-8-4-21-13-9(23-14(16)17)5-22-12(8)13/h6-13,15H,1-5H2/t6?,7-,8?,9-,10?,11?,12?,13?/m1/s1. The van der Waals surface area contributed by atoms with Crippen molar-refractivity contribution in [3.8, 4) is 0 Å². The molecule has 0 aromatic carbocycles. The number of aliphatic hydroxyl groups is 1. The summed E-state index contributed by atoms with van der Waals surface area (Å²) < 4.78 is 28.1. The fourth-order valence-electron chi connectivity index (χ4n) is 3.72. The number of ether oxygens (including phenoxy) is 5. The lowest BCUT2D eigenvalue weighted by molar-refractivity contribution is -0.769. The second kappa shape index (κ2) is 6.11. The Hall–Kier alpha value is -1.04. The number of fused-ring (bicyclic) bond motifs is 2. The molecule has 0 bridgehead atoms. The minimum absolute atomic E-state index is 0.0448. The Labute approximate surface area is 131 Å². The molecule has 0 aliphatic carbocycles. The lowest BCUT2D eigenvalue weighted by atomic mass is 10.0. The van der Waals surface area contributed by atoms with Crippen molar-refractivity contribution in [2.45, 2.75) is 42.7 Å². The third-order valence-electron chi connectivity index (χ3n) is 4.84. The molecule has 10 heteroatoms. The van der Waals surface area contributed by atoms with Gasteiger partial charge in [-0.15, -0.1) is 10.1 Å². The second-order valence-electron chi connectivity index (χ2n) is 6.26. The van der Waals surface area contributed by atoms with Crippen LogP contribution in [0.4, 0.5) is 0 Å². The van der Waals surface area contributed by atoms with E-state index in [-0.39, 0.29) is 43.5 Å². The lowest BCUT2D eigenvalue weighted by Crippen LogP contribution is -2.37. The summed E-state index contributed by atoms with van der Waals surface area (Å²) in [6.07, 6.45) is -2.88. The Morgan fingerprint density at radius 3 is 2.39 bits per heavy atom. The fourth-order valence-corrected chi connectivity index (χ4v) is 3.72. The molecule has 4 aliphatic rings. The molecular weight excluding hydrogens is 314 g/mol. The van der Waals surface area contributed by atoms with E-state index in [4.69, 9.17) is 23.7 Å². The van der Waals surface area contributed by atoms with Gasteiger partial charge >= 0.3 is 0 Å². The van der Waals surface area contributed by atoms with Gasteiger partial charge in [-0.1, -0.05) is 0 Å². The van der Waals surface area contributed by atoms with E-state index >= 15 is 0 Å². The molecule has 4 saturated heterocycles. The maximum absolute atomic E-state index is 10.5. The molecule has 4 fully saturated rings. The Balaban J connectivity index is 1.29. The predicted molar refractivity (Wildman–Crippen MR) is 70.1 cm³/mol. The third-order valence-corrected chi connectivity index (χ3v) is 4.84. The average Bonchev–Trinajstić information content (AvgIpc) is 3.22. The number of rotatable bonds is 5. The van der Waals surface area contributed by atoms with Crippen LogP contribution < -0.4 is 0 Å². The van der Waals surface area contributed by atoms with Crippen LogP contribution >= 0.6 is 0 Å². The van der Waals surface area contributed by atoms with Crippen molar-refractivity contribution in [3.63, 3.8) is 0 Å². The molecule has 4 heterocycles. The summed E-state index contributed by atoms with van der Waals surface area (Å²) in [4.78, 5) is 15.0. The zero-order chi connectivity index (χ0) is 16.0. The molecule has 1 N–H and O–H groups in total. The van der Waals surface area contributed by atoms with Crippen LogP contribution in [0.2, 0.25) is 0 Å². The van der Waals surface area contributed by atoms with Gasteiger partial charge in [0.2, 0.25) is 0 Å². The van der Waals surface area contributed by atoms with Gasteiger partial charge in [-0.3, -0.25) is 0 Å². The van der Waals surface area contributed by atoms with Gasteiger partial charge in [0.25, 0.3) is 5.09 Å². The van der Waals surface area contributed by atoms with Crippen molar-refractivity contribution in [1.29, 1.82) is 0 Å². The predicted octanol–water partition coefficient (Wildman–Crippen LogP) is -1.48. The van der Waals surface area contributed by atoms with Crippen molar-refractivity contribution < 1.29 is 38.7 Å². The third kappa shape index (κ3) is 2.79. The SMILES string of the molecule is O=[N+]([O-])O[C@@H]1COC2C(OCC3COC4C3OC[C@H]4O)COC21. The maximum Gasteiger partial charge on any atom is 0.294 e. The summed E-state index contributed by atoms with van der Waals surface area (Å²) >= 11 is 0. The van der Waals surface area contributed by atoms with Crippen molar-refractivity contribution in [3.05, 3.63) is 10.1 Å². The molecule has 0 aromatic heterocycles. The van der Waals surface area contributed by atoms with Crippen molar-refractivity contribution in [2.24, 2.45) is 5.92 Å². The molecule has 0 amide bonds. The van der Waals surface area contributed by atoms with Gasteiger partial charge in [-0.2, -0.15) is 0 Å². The summed E-state index contributed by atoms with van der Waals surface area (Å²) in [7, 11) is 0. The molecule has 0 radical (unpaired) electrons. The molecule has 6 unspecified atom stereocenters. The fraction of sp³-hybridized carbons (Fsp3) is 1.00. The highest BCUT2D eigenvalue weighted by Crippen LogP contribution is 2.34. The first-order valence-corrected chi connectivity index (χ1v) is 7.70. The molecule has 8 atom stereocenters. The van der Waals surface area contributed by atoms with Gasteiger partial charge in [-0.05, 0) is 0 Å². The maximum atomic E-state index is 10.5. The number of hydrogen-bond donors (Lipinski definition) is 1. The highest BCUT2D eigenvalue weighted by atomic mass is 17.0. The molecule has 0 aromatic rings. The van der Waals surface area contributed by atoms with Crippen LogP contribution in [0.5, 0.6) is 0 Å². The largest absolute Gasteiger partial charge is 0.388 e. The van der Waals surface area contributed by atoms with Crippen molar-refractivity contribution >= 4 is 0 Å². The summed E-state index contributed by atoms with van der Waals surface area (Å²) in [5.74, 6) is 0.0448. The number of aliphatic hydroxyl groups excluding tert-OH is 1. The van der Waals surface area contributed by atoms with Crippen LogP contribution in [-0.2, 0) is 28.5 Å². The summed E-state index contributed by atoms with van der Waals surface area (Å²) in [5.41, 5.74) is 0. The van der Waals surface area contributed by atoms with E-state index in [0.29, 0.717) is 19.8 Å². The van der Waals surface area contributed by atoms with E-state index in [1.807, 2.05) is 0 Å². The van der Waals surface area contributed by atoms with Crippen LogP contribution in [0.3, 0.4) is 0 Å². The van der Waals surface area contributed by atoms with Gasteiger partial charge in [0.15, 0.2) is 6.10 Å². The highest BCUT2D eigenvalue weighted by Gasteiger charge is 2.51. The number of hydrogen-bond acceptors (Lipinski definition) is 9. The topological polar surface area (TPSA) is 119 Å². The van der Waals surface area contributed by atoms with E-state index in [9.17, 15) is 15.2 Å². The van der Waals surface area contributed by atoms with E-state index in [0.717, 1.165) is 0 Å². The van der Waals surface area contributed by atoms with Crippen LogP contribution in [0, 0.1) is 16.0 Å². The zero-order valence-corrected chi connectivity index (χ0v) is 12.3. The van der Waals surface area contributed by atoms with E-state index in [1.165, 1.54) is 0 Å². The quantitative estimate of drug-likeness (QED) is 0.474. The first-order valence-electron chi connectivity index (χ1n) is 7.70. The van der Waals surface area contributed by atoms with Gasteiger partial charge in [0.1, 0.15) is 30.5 Å². The van der Waals surface area contributed by atoms with Gasteiger partial charge in [-0.25, -0.2) is 0 Å². The monoisotopic (exact) mass is 333 g/mol. The second-order valence-corrected chi connectivity index (χ2v) is 6.26. The first kappa shape index (κ1) is 15.5. The molecule has 23 heavy (non-hydrogen) atoms. The first-order chi connectivity index (χ1) is 11.1. The van der Waals surface area contributed by atoms with E-state index in [2.05, 4.69) is 4.84 Å². The minimum atomic E-state index is -0.827. The summed E-state index contributed by atoms with van der Waals surface area (Å²) in [5, 5.41) is 19.3. The molecule has 0 saturated carbocycles. The smallest absolute Gasteiger partial charge is 0.294 e. The van der Waals surface area contributed by atoms with Gasteiger partial charge in [0.05, 0.1) is 39.1 Å². The van der Waals surface area contributed by atoms with Crippen LogP contribution in [-0.4, -0.2) is 86.0 Å². The molecule has 4 aliphatic heterocycles. The molecule has 130 valence electrons. The summed E-state index contributed by atoms with van der Waals surface area (Å²) in [6.45, 7) is 1.57. The van der Waals surface area contributed by atoms with Crippen LogP contribution in [0.25, 0.3) is 0 Å². The van der Waals surface area contributed by atoms with Gasteiger partial charge < -0.3 is 33.6 Å².